The molecular formula is C14H30N4. The van der Waals surface area contributed by atoms with Gasteiger partial charge in [-0.15, -0.1) is 0 Å². The fourth-order valence-electron chi connectivity index (χ4n) is 2.58. The van der Waals surface area contributed by atoms with Crippen LogP contribution in [0, 0.1) is 0 Å². The molecule has 1 aliphatic rings. The molecule has 0 aliphatic carbocycles. The summed E-state index contributed by atoms with van der Waals surface area (Å²) in [5, 5.41) is 4.87. The minimum atomic E-state index is 0.857. The zero-order valence-electron chi connectivity index (χ0n) is 12.7. The molecule has 0 radical (unpaired) electrons. The van der Waals surface area contributed by atoms with Crippen LogP contribution in [0.4, 0.5) is 0 Å². The fraction of sp³-hybridized carbons (Fsp3) is 0.929. The predicted molar refractivity (Wildman–Crippen MR) is 78.7 cm³/mol. The number of nitrogens with zero attached hydrogens (tertiary/aromatic N) is 4. The quantitative estimate of drug-likeness (QED) is 0.556. The minimum Gasteiger partial charge on any atom is -0.342 e. The van der Waals surface area contributed by atoms with Crippen molar-refractivity contribution < 1.29 is 0 Å². The molecule has 1 saturated heterocycles. The Hall–Kier alpha value is -0.770. The van der Waals surface area contributed by atoms with Crippen molar-refractivity contribution in [3.05, 3.63) is 0 Å². The normalized spacial score (nSPS) is 17.9. The van der Waals surface area contributed by atoms with E-state index in [4.69, 9.17) is 4.99 Å². The first kappa shape index (κ1) is 15.3. The topological polar surface area (TPSA) is 22.1 Å². The number of rotatable bonds is 5. The molecular weight excluding hydrogens is 224 g/mol. The average Bonchev–Trinajstić information content (AvgIpc) is 2.42. The highest BCUT2D eigenvalue weighted by molar-refractivity contribution is 5.79. The van der Waals surface area contributed by atoms with Crippen LogP contribution in [0.3, 0.4) is 0 Å². The molecule has 1 heterocycles. The third kappa shape index (κ3) is 3.87. The Morgan fingerprint density at radius 2 is 1.56 bits per heavy atom. The molecule has 0 aromatic heterocycles. The van der Waals surface area contributed by atoms with E-state index >= 15 is 0 Å². The summed E-state index contributed by atoms with van der Waals surface area (Å²) in [6.45, 7) is 15.0. The lowest BCUT2D eigenvalue weighted by Crippen LogP contribution is -2.54. The summed E-state index contributed by atoms with van der Waals surface area (Å²) in [6.07, 6.45) is 4.00. The lowest BCUT2D eigenvalue weighted by Gasteiger charge is -2.41. The van der Waals surface area contributed by atoms with Gasteiger partial charge in [0.2, 0.25) is 5.96 Å². The summed E-state index contributed by atoms with van der Waals surface area (Å²) in [4.78, 5) is 7.10. The van der Waals surface area contributed by atoms with Gasteiger partial charge in [0, 0.05) is 39.3 Å². The van der Waals surface area contributed by atoms with Gasteiger partial charge in [0.05, 0.1) is 0 Å². The monoisotopic (exact) mass is 254 g/mol. The Kier molecular flexibility index (Phi) is 7.09. The van der Waals surface area contributed by atoms with Crippen molar-refractivity contribution >= 4 is 5.96 Å². The maximum atomic E-state index is 4.74. The molecule has 0 amide bonds. The zero-order valence-corrected chi connectivity index (χ0v) is 12.7. The van der Waals surface area contributed by atoms with Gasteiger partial charge < -0.3 is 4.90 Å². The van der Waals surface area contributed by atoms with Crippen LogP contribution in [-0.2, 0) is 0 Å². The zero-order chi connectivity index (χ0) is 13.4. The van der Waals surface area contributed by atoms with E-state index < -0.39 is 0 Å². The number of hydrogen-bond acceptors (Lipinski definition) is 2. The molecule has 18 heavy (non-hydrogen) atoms. The second-order valence-corrected chi connectivity index (χ2v) is 4.68. The van der Waals surface area contributed by atoms with Gasteiger partial charge in [-0.25, -0.2) is 5.01 Å². The van der Waals surface area contributed by atoms with E-state index in [2.05, 4.69) is 42.6 Å². The minimum absolute atomic E-state index is 0.857. The van der Waals surface area contributed by atoms with E-state index in [-0.39, 0.29) is 0 Å². The van der Waals surface area contributed by atoms with Crippen molar-refractivity contribution in [3.63, 3.8) is 0 Å². The van der Waals surface area contributed by atoms with E-state index in [1.165, 1.54) is 32.4 Å². The van der Waals surface area contributed by atoms with Crippen molar-refractivity contribution in [2.24, 2.45) is 4.99 Å². The van der Waals surface area contributed by atoms with Crippen LogP contribution in [0.2, 0.25) is 0 Å². The molecule has 0 spiro atoms. The Morgan fingerprint density at radius 3 is 2.00 bits per heavy atom. The highest BCUT2D eigenvalue weighted by atomic mass is 15.7. The standard InChI is InChI=1S/C14H30N4/c1-5-15-14(16(6-2)7-3)18(8-4)17-12-10-9-11-13-17/h5-13H2,1-4H3. The average molecular weight is 254 g/mol. The van der Waals surface area contributed by atoms with Crippen LogP contribution in [0.15, 0.2) is 4.99 Å². The van der Waals surface area contributed by atoms with Crippen LogP contribution >= 0.6 is 0 Å². The number of guanidine groups is 1. The SMILES string of the molecule is CCN=C(N(CC)CC)N(CC)N1CCCCC1. The van der Waals surface area contributed by atoms with Crippen LogP contribution < -0.4 is 0 Å². The molecule has 0 aromatic carbocycles. The molecule has 0 unspecified atom stereocenters. The lowest BCUT2D eigenvalue weighted by atomic mass is 10.2. The molecule has 0 atom stereocenters. The van der Waals surface area contributed by atoms with E-state index in [1.807, 2.05) is 0 Å². The van der Waals surface area contributed by atoms with Crippen LogP contribution in [0.5, 0.6) is 0 Å². The van der Waals surface area contributed by atoms with Gasteiger partial charge in [0.1, 0.15) is 0 Å². The summed E-state index contributed by atoms with van der Waals surface area (Å²) >= 11 is 0. The Morgan fingerprint density at radius 1 is 0.944 bits per heavy atom. The van der Waals surface area contributed by atoms with Gasteiger partial charge in [0.15, 0.2) is 0 Å². The van der Waals surface area contributed by atoms with Crippen molar-refractivity contribution in [3.8, 4) is 0 Å². The summed E-state index contributed by atoms with van der Waals surface area (Å²) in [5.41, 5.74) is 0. The molecule has 106 valence electrons. The largest absolute Gasteiger partial charge is 0.342 e. The lowest BCUT2D eigenvalue weighted by molar-refractivity contribution is 0.0174. The second-order valence-electron chi connectivity index (χ2n) is 4.68. The van der Waals surface area contributed by atoms with E-state index in [1.54, 1.807) is 0 Å². The smallest absolute Gasteiger partial charge is 0.211 e. The molecule has 1 rings (SSSR count). The Balaban J connectivity index is 2.82. The van der Waals surface area contributed by atoms with Gasteiger partial charge in [-0.05, 0) is 40.5 Å². The summed E-state index contributed by atoms with van der Waals surface area (Å²) in [7, 11) is 0. The highest BCUT2D eigenvalue weighted by Crippen LogP contribution is 2.13. The Labute approximate surface area is 113 Å². The van der Waals surface area contributed by atoms with Crippen molar-refractivity contribution in [2.75, 3.05) is 39.3 Å². The summed E-state index contributed by atoms with van der Waals surface area (Å²) < 4.78 is 0. The molecule has 0 aromatic rings. The van der Waals surface area contributed by atoms with Crippen molar-refractivity contribution in [2.45, 2.75) is 47.0 Å². The molecule has 4 nitrogen and oxygen atoms in total. The highest BCUT2D eigenvalue weighted by Gasteiger charge is 2.22. The van der Waals surface area contributed by atoms with Gasteiger partial charge in [-0.1, -0.05) is 6.42 Å². The van der Waals surface area contributed by atoms with Crippen LogP contribution in [0.1, 0.15) is 47.0 Å². The predicted octanol–water partition coefficient (Wildman–Crippen LogP) is 2.43. The number of aliphatic imine (C=N–C) groups is 1. The van der Waals surface area contributed by atoms with Crippen LogP contribution in [-0.4, -0.2) is 60.1 Å². The van der Waals surface area contributed by atoms with Crippen molar-refractivity contribution in [1.29, 1.82) is 0 Å². The van der Waals surface area contributed by atoms with Gasteiger partial charge in [-0.3, -0.25) is 10.0 Å². The van der Waals surface area contributed by atoms with Crippen molar-refractivity contribution in [1.82, 2.24) is 14.9 Å². The third-order valence-electron chi connectivity index (χ3n) is 3.55. The maximum Gasteiger partial charge on any atom is 0.211 e. The molecule has 1 fully saturated rings. The van der Waals surface area contributed by atoms with E-state index in [0.717, 1.165) is 32.1 Å². The van der Waals surface area contributed by atoms with Gasteiger partial charge in [0.25, 0.3) is 0 Å². The fourth-order valence-corrected chi connectivity index (χ4v) is 2.58. The van der Waals surface area contributed by atoms with E-state index in [9.17, 15) is 0 Å². The Bertz CT molecular complexity index is 242. The maximum absolute atomic E-state index is 4.74. The summed E-state index contributed by atoms with van der Waals surface area (Å²) in [5.74, 6) is 1.16. The summed E-state index contributed by atoms with van der Waals surface area (Å²) in [6, 6.07) is 0. The van der Waals surface area contributed by atoms with Gasteiger partial charge in [-0.2, -0.15) is 0 Å². The van der Waals surface area contributed by atoms with Crippen LogP contribution in [0.25, 0.3) is 0 Å². The number of piperidine rings is 1. The first-order chi connectivity index (χ1) is 8.78. The number of hydrogen-bond donors (Lipinski definition) is 0. The third-order valence-corrected chi connectivity index (χ3v) is 3.55. The molecule has 0 N–H and O–H groups in total. The molecule has 0 saturated carbocycles. The second kappa shape index (κ2) is 8.35. The first-order valence-electron chi connectivity index (χ1n) is 7.60. The van der Waals surface area contributed by atoms with Gasteiger partial charge >= 0.3 is 0 Å². The molecule has 0 bridgehead atoms. The first-order valence-corrected chi connectivity index (χ1v) is 7.60. The molecule has 4 heteroatoms. The molecule has 1 aliphatic heterocycles. The number of hydrazine groups is 1. The van der Waals surface area contributed by atoms with E-state index in [0.29, 0.717) is 0 Å².